The van der Waals surface area contributed by atoms with Crippen molar-refractivity contribution in [3.05, 3.63) is 23.3 Å². The van der Waals surface area contributed by atoms with E-state index in [0.29, 0.717) is 6.54 Å². The zero-order valence-electron chi connectivity index (χ0n) is 11.8. The Hall–Kier alpha value is -1.86. The molecular weight excluding hydrogens is 290 g/mol. The minimum Gasteiger partial charge on any atom is -0.458 e. The van der Waals surface area contributed by atoms with Crippen LogP contribution in [0.4, 0.5) is 5.13 Å². The fourth-order valence-corrected chi connectivity index (χ4v) is 2.97. The standard InChI is InChI=1S/C14H17N3O3S/c1-10(18)15-8-11-2-3-13(20-11)12-9-21-14(16-12)17-4-6-19-7-5-17/h2-3,9H,4-8H2,1H3,(H,15,18). The van der Waals surface area contributed by atoms with E-state index in [1.807, 2.05) is 17.5 Å². The molecule has 21 heavy (non-hydrogen) atoms. The third kappa shape index (κ3) is 3.43. The number of amides is 1. The highest BCUT2D eigenvalue weighted by Crippen LogP contribution is 2.29. The summed E-state index contributed by atoms with van der Waals surface area (Å²) in [5.74, 6) is 1.38. The molecule has 1 amide bonds. The Kier molecular flexibility index (Phi) is 4.21. The van der Waals surface area contributed by atoms with Crippen LogP contribution in [0.1, 0.15) is 12.7 Å². The molecule has 0 radical (unpaired) electrons. The Morgan fingerprint density at radius 3 is 3.00 bits per heavy atom. The molecule has 1 N–H and O–H groups in total. The summed E-state index contributed by atoms with van der Waals surface area (Å²) in [6.07, 6.45) is 0. The first-order valence-electron chi connectivity index (χ1n) is 6.84. The number of carbonyl (C=O) groups is 1. The van der Waals surface area contributed by atoms with Gasteiger partial charge < -0.3 is 19.4 Å². The van der Waals surface area contributed by atoms with Gasteiger partial charge in [0.15, 0.2) is 10.9 Å². The maximum Gasteiger partial charge on any atom is 0.217 e. The second kappa shape index (κ2) is 6.28. The lowest BCUT2D eigenvalue weighted by Gasteiger charge is -2.25. The molecule has 0 spiro atoms. The van der Waals surface area contributed by atoms with Gasteiger partial charge >= 0.3 is 0 Å². The number of anilines is 1. The summed E-state index contributed by atoms with van der Waals surface area (Å²) < 4.78 is 11.1. The first-order chi connectivity index (χ1) is 10.2. The third-order valence-electron chi connectivity index (χ3n) is 3.20. The van der Waals surface area contributed by atoms with E-state index in [2.05, 4.69) is 15.2 Å². The lowest BCUT2D eigenvalue weighted by atomic mass is 10.3. The van der Waals surface area contributed by atoms with Crippen LogP contribution in [0.15, 0.2) is 21.9 Å². The minimum absolute atomic E-state index is 0.0730. The van der Waals surface area contributed by atoms with Gasteiger partial charge in [-0.05, 0) is 12.1 Å². The number of furan rings is 1. The van der Waals surface area contributed by atoms with E-state index in [1.54, 1.807) is 11.3 Å². The quantitative estimate of drug-likeness (QED) is 0.934. The second-order valence-electron chi connectivity index (χ2n) is 4.79. The number of rotatable bonds is 4. The van der Waals surface area contributed by atoms with Gasteiger partial charge in [0.1, 0.15) is 11.5 Å². The van der Waals surface area contributed by atoms with Crippen LogP contribution in [0, 0.1) is 0 Å². The van der Waals surface area contributed by atoms with E-state index in [4.69, 9.17) is 9.15 Å². The molecule has 1 saturated heterocycles. The van der Waals surface area contributed by atoms with Crippen LogP contribution in [0.5, 0.6) is 0 Å². The van der Waals surface area contributed by atoms with Gasteiger partial charge in [-0.3, -0.25) is 4.79 Å². The van der Waals surface area contributed by atoms with Crippen molar-refractivity contribution in [3.63, 3.8) is 0 Å². The summed E-state index contributed by atoms with van der Waals surface area (Å²) in [6, 6.07) is 3.74. The second-order valence-corrected chi connectivity index (χ2v) is 5.63. The van der Waals surface area contributed by atoms with Crippen molar-refractivity contribution in [2.75, 3.05) is 31.2 Å². The van der Waals surface area contributed by atoms with Gasteiger partial charge in [0, 0.05) is 25.4 Å². The number of hydrogen-bond donors (Lipinski definition) is 1. The summed E-state index contributed by atoms with van der Waals surface area (Å²) >= 11 is 1.61. The van der Waals surface area contributed by atoms with Crippen LogP contribution in [-0.2, 0) is 16.1 Å². The van der Waals surface area contributed by atoms with Crippen molar-refractivity contribution < 1.29 is 13.9 Å². The molecule has 2 aromatic heterocycles. The largest absolute Gasteiger partial charge is 0.458 e. The van der Waals surface area contributed by atoms with Gasteiger partial charge in [0.25, 0.3) is 0 Å². The molecule has 0 saturated carbocycles. The van der Waals surface area contributed by atoms with Crippen molar-refractivity contribution in [2.45, 2.75) is 13.5 Å². The SMILES string of the molecule is CC(=O)NCc1ccc(-c2csc(N3CCOCC3)n2)o1. The van der Waals surface area contributed by atoms with Gasteiger partial charge in [-0.2, -0.15) is 0 Å². The molecule has 3 heterocycles. The van der Waals surface area contributed by atoms with Gasteiger partial charge in [0.2, 0.25) is 5.91 Å². The molecule has 0 aromatic carbocycles. The van der Waals surface area contributed by atoms with E-state index < -0.39 is 0 Å². The first-order valence-corrected chi connectivity index (χ1v) is 7.72. The summed E-state index contributed by atoms with van der Waals surface area (Å²) in [6.45, 7) is 5.12. The van der Waals surface area contributed by atoms with Crippen LogP contribution < -0.4 is 10.2 Å². The van der Waals surface area contributed by atoms with Crippen molar-refractivity contribution in [2.24, 2.45) is 0 Å². The Morgan fingerprint density at radius 1 is 1.43 bits per heavy atom. The molecule has 1 fully saturated rings. The molecular formula is C14H17N3O3S. The van der Waals surface area contributed by atoms with Crippen LogP contribution in [0.25, 0.3) is 11.5 Å². The van der Waals surface area contributed by atoms with Crippen LogP contribution in [0.3, 0.4) is 0 Å². The molecule has 0 aliphatic carbocycles. The van der Waals surface area contributed by atoms with Crippen LogP contribution in [-0.4, -0.2) is 37.2 Å². The molecule has 3 rings (SSSR count). The van der Waals surface area contributed by atoms with Gasteiger partial charge in [-0.1, -0.05) is 0 Å². The number of morpholine rings is 1. The van der Waals surface area contributed by atoms with E-state index in [-0.39, 0.29) is 5.91 Å². The number of carbonyl (C=O) groups excluding carboxylic acids is 1. The number of nitrogens with one attached hydrogen (secondary N) is 1. The molecule has 1 aliphatic heterocycles. The topological polar surface area (TPSA) is 67.6 Å². The zero-order valence-corrected chi connectivity index (χ0v) is 12.6. The van der Waals surface area contributed by atoms with E-state index in [0.717, 1.165) is 48.6 Å². The zero-order chi connectivity index (χ0) is 14.7. The summed E-state index contributed by atoms with van der Waals surface area (Å²) in [4.78, 5) is 17.7. The predicted octanol–water partition coefficient (Wildman–Crippen LogP) is 1.88. The van der Waals surface area contributed by atoms with Crippen molar-refractivity contribution in [1.82, 2.24) is 10.3 Å². The highest BCUT2D eigenvalue weighted by molar-refractivity contribution is 7.14. The molecule has 2 aromatic rings. The molecule has 1 aliphatic rings. The Morgan fingerprint density at radius 2 is 2.24 bits per heavy atom. The van der Waals surface area contributed by atoms with Crippen molar-refractivity contribution >= 4 is 22.4 Å². The number of thiazole rings is 1. The minimum atomic E-state index is -0.0730. The van der Waals surface area contributed by atoms with E-state index in [1.165, 1.54) is 6.92 Å². The molecule has 6 nitrogen and oxygen atoms in total. The highest BCUT2D eigenvalue weighted by atomic mass is 32.1. The molecule has 0 atom stereocenters. The third-order valence-corrected chi connectivity index (χ3v) is 4.10. The summed E-state index contributed by atoms with van der Waals surface area (Å²) in [5, 5.41) is 5.70. The average molecular weight is 307 g/mol. The van der Waals surface area contributed by atoms with Crippen molar-refractivity contribution in [3.8, 4) is 11.5 Å². The monoisotopic (exact) mass is 307 g/mol. The number of ether oxygens (including phenoxy) is 1. The lowest BCUT2D eigenvalue weighted by molar-refractivity contribution is -0.119. The molecule has 0 unspecified atom stereocenters. The smallest absolute Gasteiger partial charge is 0.217 e. The Bertz CT molecular complexity index is 617. The highest BCUT2D eigenvalue weighted by Gasteiger charge is 2.16. The van der Waals surface area contributed by atoms with E-state index >= 15 is 0 Å². The van der Waals surface area contributed by atoms with Gasteiger partial charge in [-0.25, -0.2) is 4.98 Å². The maximum atomic E-state index is 10.9. The summed E-state index contributed by atoms with van der Waals surface area (Å²) in [7, 11) is 0. The van der Waals surface area contributed by atoms with Crippen molar-refractivity contribution in [1.29, 1.82) is 0 Å². The Labute approximate surface area is 126 Å². The van der Waals surface area contributed by atoms with E-state index in [9.17, 15) is 4.79 Å². The average Bonchev–Trinajstić information content (AvgIpc) is 3.15. The lowest BCUT2D eigenvalue weighted by Crippen LogP contribution is -2.36. The number of aromatic nitrogens is 1. The fraction of sp³-hybridized carbons (Fsp3) is 0.429. The molecule has 0 bridgehead atoms. The fourth-order valence-electron chi connectivity index (χ4n) is 2.10. The predicted molar refractivity (Wildman–Crippen MR) is 80.4 cm³/mol. The normalized spacial score (nSPS) is 15.2. The number of nitrogens with zero attached hydrogens (tertiary/aromatic N) is 2. The Balaban J connectivity index is 1.69. The first kappa shape index (κ1) is 14.1. The molecule has 7 heteroatoms. The van der Waals surface area contributed by atoms with Gasteiger partial charge in [0.05, 0.1) is 19.8 Å². The maximum absolute atomic E-state index is 10.9. The molecule has 112 valence electrons. The number of hydrogen-bond acceptors (Lipinski definition) is 6. The van der Waals surface area contributed by atoms with Crippen LogP contribution in [0.2, 0.25) is 0 Å². The summed E-state index contributed by atoms with van der Waals surface area (Å²) in [5.41, 5.74) is 0.829. The van der Waals surface area contributed by atoms with Crippen LogP contribution >= 0.6 is 11.3 Å². The van der Waals surface area contributed by atoms with Gasteiger partial charge in [-0.15, -0.1) is 11.3 Å².